The number of nitrogens with two attached hydrogens (primary N) is 1. The van der Waals surface area contributed by atoms with Crippen molar-refractivity contribution in [3.05, 3.63) is 65.2 Å². The van der Waals surface area contributed by atoms with Gasteiger partial charge >= 0.3 is 0 Å². The Hall–Kier alpha value is -2.08. The van der Waals surface area contributed by atoms with Gasteiger partial charge in [-0.15, -0.1) is 12.4 Å². The standard InChI is InChI=1S/C21H26N2O3.ClH/c22-21(25)16-10-9-15-5-4-6-18(12-17(15)11-16)23-13-19(24)14-26-20-7-2-1-3-8-20;/h1-3,7-11,18-19,23-24H,4-6,12-14H2,(H2,22,25);1H/t18?,19-;/m0./s1. The fraction of sp³-hybridized carbons (Fsp3) is 0.381. The van der Waals surface area contributed by atoms with Crippen LogP contribution < -0.4 is 15.8 Å². The number of aliphatic hydroxyl groups excluding tert-OH is 1. The molecule has 0 spiro atoms. The first kappa shape index (κ1) is 21.2. The number of benzene rings is 2. The molecule has 5 nitrogen and oxygen atoms in total. The maximum atomic E-state index is 11.4. The van der Waals surface area contributed by atoms with Gasteiger partial charge < -0.3 is 20.9 Å². The third-order valence-corrected chi connectivity index (χ3v) is 4.78. The molecule has 1 unspecified atom stereocenters. The minimum Gasteiger partial charge on any atom is -0.491 e. The van der Waals surface area contributed by atoms with E-state index >= 15 is 0 Å². The lowest BCUT2D eigenvalue weighted by molar-refractivity contribution is 0.1000. The molecule has 0 aliphatic heterocycles. The van der Waals surface area contributed by atoms with Gasteiger partial charge in [-0.05, 0) is 61.1 Å². The van der Waals surface area contributed by atoms with Gasteiger partial charge in [0.05, 0.1) is 0 Å². The van der Waals surface area contributed by atoms with E-state index in [2.05, 4.69) is 5.32 Å². The summed E-state index contributed by atoms with van der Waals surface area (Å²) >= 11 is 0. The highest BCUT2D eigenvalue weighted by Gasteiger charge is 2.18. The van der Waals surface area contributed by atoms with E-state index < -0.39 is 12.0 Å². The smallest absolute Gasteiger partial charge is 0.248 e. The number of amides is 1. The van der Waals surface area contributed by atoms with Gasteiger partial charge in [-0.2, -0.15) is 0 Å². The average Bonchev–Trinajstić information content (AvgIpc) is 2.86. The Balaban J connectivity index is 0.00000261. The van der Waals surface area contributed by atoms with Crippen LogP contribution in [0, 0.1) is 0 Å². The number of aliphatic hydroxyl groups is 1. The number of hydrogen-bond donors (Lipinski definition) is 3. The first-order valence-electron chi connectivity index (χ1n) is 9.12. The minimum absolute atomic E-state index is 0. The Bertz CT molecular complexity index is 739. The summed E-state index contributed by atoms with van der Waals surface area (Å²) in [5, 5.41) is 13.6. The van der Waals surface area contributed by atoms with Crippen molar-refractivity contribution >= 4 is 18.3 Å². The van der Waals surface area contributed by atoms with Crippen LogP contribution in [0.15, 0.2) is 48.5 Å². The van der Waals surface area contributed by atoms with E-state index in [1.807, 2.05) is 42.5 Å². The van der Waals surface area contributed by atoms with E-state index in [4.69, 9.17) is 10.5 Å². The molecule has 2 atom stereocenters. The van der Waals surface area contributed by atoms with Crippen molar-refractivity contribution < 1.29 is 14.6 Å². The van der Waals surface area contributed by atoms with E-state index in [-0.39, 0.29) is 25.1 Å². The average molecular weight is 391 g/mol. The van der Waals surface area contributed by atoms with Gasteiger partial charge in [0.15, 0.2) is 0 Å². The zero-order chi connectivity index (χ0) is 18.4. The number of para-hydroxylation sites is 1. The zero-order valence-electron chi connectivity index (χ0n) is 15.3. The van der Waals surface area contributed by atoms with Crippen LogP contribution >= 0.6 is 12.4 Å². The van der Waals surface area contributed by atoms with Crippen molar-refractivity contribution in [3.8, 4) is 5.75 Å². The molecule has 3 rings (SSSR count). The SMILES string of the molecule is Cl.NC(=O)c1ccc2c(c1)CC(NC[C@H](O)COc1ccccc1)CCC2. The molecule has 2 aromatic carbocycles. The Labute approximate surface area is 166 Å². The number of nitrogens with one attached hydrogen (secondary N) is 1. The normalized spacial score (nSPS) is 17.1. The van der Waals surface area contributed by atoms with Gasteiger partial charge in [-0.25, -0.2) is 0 Å². The molecule has 1 aliphatic carbocycles. The number of hydrogen-bond acceptors (Lipinski definition) is 4. The number of carbonyl (C=O) groups excluding carboxylic acids is 1. The van der Waals surface area contributed by atoms with Crippen LogP contribution in [0.5, 0.6) is 5.75 Å². The Morgan fingerprint density at radius 2 is 2.00 bits per heavy atom. The molecular weight excluding hydrogens is 364 g/mol. The van der Waals surface area contributed by atoms with Gasteiger partial charge in [-0.1, -0.05) is 24.3 Å². The highest BCUT2D eigenvalue weighted by Crippen LogP contribution is 2.22. The molecule has 6 heteroatoms. The molecule has 2 aromatic rings. The molecular formula is C21H27ClN2O3. The zero-order valence-corrected chi connectivity index (χ0v) is 16.1. The van der Waals surface area contributed by atoms with Crippen LogP contribution in [0.3, 0.4) is 0 Å². The maximum Gasteiger partial charge on any atom is 0.248 e. The second-order valence-electron chi connectivity index (χ2n) is 6.83. The van der Waals surface area contributed by atoms with Crippen molar-refractivity contribution in [2.24, 2.45) is 5.73 Å². The van der Waals surface area contributed by atoms with Crippen LogP contribution in [0.4, 0.5) is 0 Å². The van der Waals surface area contributed by atoms with Crippen LogP contribution in [0.2, 0.25) is 0 Å². The van der Waals surface area contributed by atoms with Gasteiger partial charge in [0.2, 0.25) is 5.91 Å². The number of aryl methyl sites for hydroxylation is 1. The van der Waals surface area contributed by atoms with Gasteiger partial charge in [-0.3, -0.25) is 4.79 Å². The lowest BCUT2D eigenvalue weighted by Crippen LogP contribution is -2.39. The largest absolute Gasteiger partial charge is 0.491 e. The lowest BCUT2D eigenvalue weighted by atomic mass is 9.98. The van der Waals surface area contributed by atoms with Gasteiger partial charge in [0.25, 0.3) is 0 Å². The second kappa shape index (κ2) is 10.3. The molecule has 1 aliphatic rings. The highest BCUT2D eigenvalue weighted by molar-refractivity contribution is 5.93. The van der Waals surface area contributed by atoms with Crippen molar-refractivity contribution in [1.82, 2.24) is 5.32 Å². The number of primary amides is 1. The summed E-state index contributed by atoms with van der Waals surface area (Å²) in [5.41, 5.74) is 8.41. The minimum atomic E-state index is -0.574. The summed E-state index contributed by atoms with van der Waals surface area (Å²) in [6.45, 7) is 0.731. The first-order chi connectivity index (χ1) is 12.6. The van der Waals surface area contributed by atoms with Crippen molar-refractivity contribution in [2.45, 2.75) is 37.8 Å². The molecule has 146 valence electrons. The predicted molar refractivity (Wildman–Crippen MR) is 109 cm³/mol. The number of halogens is 1. The quantitative estimate of drug-likeness (QED) is 0.634. The number of ether oxygens (including phenoxy) is 1. The van der Waals surface area contributed by atoms with E-state index in [0.29, 0.717) is 12.1 Å². The summed E-state index contributed by atoms with van der Waals surface area (Å²) in [4.78, 5) is 11.4. The van der Waals surface area contributed by atoms with E-state index in [9.17, 15) is 9.90 Å². The molecule has 0 saturated carbocycles. The van der Waals surface area contributed by atoms with Crippen LogP contribution in [-0.4, -0.2) is 36.3 Å². The molecule has 0 heterocycles. The third-order valence-electron chi connectivity index (χ3n) is 4.78. The molecule has 4 N–H and O–H groups in total. The number of fused-ring (bicyclic) bond motifs is 1. The Morgan fingerprint density at radius 3 is 2.74 bits per heavy atom. The van der Waals surface area contributed by atoms with Crippen LogP contribution in [-0.2, 0) is 12.8 Å². The van der Waals surface area contributed by atoms with Crippen molar-refractivity contribution in [3.63, 3.8) is 0 Å². The van der Waals surface area contributed by atoms with E-state index in [1.54, 1.807) is 6.07 Å². The monoisotopic (exact) mass is 390 g/mol. The van der Waals surface area contributed by atoms with Gasteiger partial charge in [0.1, 0.15) is 18.5 Å². The van der Waals surface area contributed by atoms with Crippen molar-refractivity contribution in [1.29, 1.82) is 0 Å². The van der Waals surface area contributed by atoms with E-state index in [1.165, 1.54) is 11.1 Å². The maximum absolute atomic E-state index is 11.4. The number of rotatable bonds is 7. The molecule has 27 heavy (non-hydrogen) atoms. The third kappa shape index (κ3) is 6.24. The van der Waals surface area contributed by atoms with Crippen LogP contribution in [0.25, 0.3) is 0 Å². The molecule has 0 bridgehead atoms. The predicted octanol–water partition coefficient (Wildman–Crippen LogP) is 2.48. The molecule has 0 radical (unpaired) electrons. The fourth-order valence-electron chi connectivity index (χ4n) is 3.36. The fourth-order valence-corrected chi connectivity index (χ4v) is 3.36. The summed E-state index contributed by atoms with van der Waals surface area (Å²) in [6, 6.07) is 15.5. The van der Waals surface area contributed by atoms with Crippen molar-refractivity contribution in [2.75, 3.05) is 13.2 Å². The topological polar surface area (TPSA) is 84.6 Å². The summed E-state index contributed by atoms with van der Waals surface area (Å²) in [6.07, 6.45) is 3.38. The van der Waals surface area contributed by atoms with E-state index in [0.717, 1.165) is 31.4 Å². The lowest BCUT2D eigenvalue weighted by Gasteiger charge is -2.20. The summed E-state index contributed by atoms with van der Waals surface area (Å²) < 4.78 is 5.59. The van der Waals surface area contributed by atoms with Gasteiger partial charge in [0, 0.05) is 18.2 Å². The van der Waals surface area contributed by atoms with Crippen LogP contribution in [0.1, 0.15) is 34.3 Å². The molecule has 0 saturated heterocycles. The molecule has 0 fully saturated rings. The molecule has 1 amide bonds. The Kier molecular flexibility index (Phi) is 8.10. The number of carbonyl (C=O) groups is 1. The summed E-state index contributed by atoms with van der Waals surface area (Å²) in [5.74, 6) is 0.365. The summed E-state index contributed by atoms with van der Waals surface area (Å²) in [7, 11) is 0. The Morgan fingerprint density at radius 1 is 1.22 bits per heavy atom. The second-order valence-corrected chi connectivity index (χ2v) is 6.83. The first-order valence-corrected chi connectivity index (χ1v) is 9.12. The highest BCUT2D eigenvalue weighted by atomic mass is 35.5. The molecule has 0 aromatic heterocycles.